The van der Waals surface area contributed by atoms with Crippen LogP contribution in [0.25, 0.3) is 0 Å². The largest absolute Gasteiger partial charge is 0.373 e. The maximum absolute atomic E-state index is 13.4. The summed E-state index contributed by atoms with van der Waals surface area (Å²) >= 11 is 0. The molecule has 0 bridgehead atoms. The molecule has 33 heavy (non-hydrogen) atoms. The van der Waals surface area contributed by atoms with E-state index in [9.17, 15) is 18.4 Å². The Morgan fingerprint density at radius 1 is 1.15 bits per heavy atom. The Morgan fingerprint density at radius 3 is 2.67 bits per heavy atom. The second kappa shape index (κ2) is 9.36. The van der Waals surface area contributed by atoms with Gasteiger partial charge in [-0.05, 0) is 44.4 Å². The van der Waals surface area contributed by atoms with Crippen LogP contribution in [0.1, 0.15) is 51.4 Å². The molecule has 8 nitrogen and oxygen atoms in total. The summed E-state index contributed by atoms with van der Waals surface area (Å²) in [4.78, 5) is 30.4. The van der Waals surface area contributed by atoms with E-state index in [4.69, 9.17) is 4.74 Å². The van der Waals surface area contributed by atoms with Crippen LogP contribution < -0.4 is 16.2 Å². The van der Waals surface area contributed by atoms with E-state index in [0.717, 1.165) is 25.7 Å². The molecule has 3 aliphatic heterocycles. The zero-order valence-electron chi connectivity index (χ0n) is 19.4. The van der Waals surface area contributed by atoms with Crippen LogP contribution in [-0.4, -0.2) is 91.1 Å². The molecule has 0 aromatic carbocycles. The van der Waals surface area contributed by atoms with Crippen LogP contribution in [0, 0.1) is 11.8 Å². The third-order valence-corrected chi connectivity index (χ3v) is 8.73. The number of halogens is 2. The second-order valence-electron chi connectivity index (χ2n) is 10.7. The number of fused-ring (bicyclic) bond motifs is 2. The van der Waals surface area contributed by atoms with Crippen LogP contribution in [0.3, 0.4) is 0 Å². The highest BCUT2D eigenvalue weighted by Crippen LogP contribution is 2.42. The molecule has 3 saturated heterocycles. The van der Waals surface area contributed by atoms with Crippen molar-refractivity contribution < 1.29 is 23.1 Å². The minimum Gasteiger partial charge on any atom is -0.373 e. The van der Waals surface area contributed by atoms with E-state index in [1.165, 1.54) is 25.7 Å². The summed E-state index contributed by atoms with van der Waals surface area (Å²) in [6.45, 7) is 0.778. The SMILES string of the molecule is CN(C(=O)C1NNC2CCN(C(=O)C3CC4CCCCC4N3)CC21)C1(COCC(F)F)CC1. The van der Waals surface area contributed by atoms with Gasteiger partial charge in [0.15, 0.2) is 0 Å². The molecule has 6 unspecified atom stereocenters. The van der Waals surface area contributed by atoms with E-state index in [2.05, 4.69) is 16.2 Å². The number of ether oxygens (including phenoxy) is 1. The standard InChI is InChI=1S/C23H37F2N5O3/c1-29(23(7-8-23)13-33-12-19(24)25)22(32)20-15-11-30(9-6-17(15)27-28-20)21(31)18-10-14-4-2-3-5-16(14)26-18/h14-20,26-28H,2-13H2,1H3. The quantitative estimate of drug-likeness (QED) is 0.513. The average Bonchev–Trinajstić information content (AvgIpc) is 3.28. The van der Waals surface area contributed by atoms with Crippen molar-refractivity contribution in [2.45, 2.75) is 87.5 Å². The average molecular weight is 470 g/mol. The Bertz CT molecular complexity index is 738. The molecular weight excluding hydrogens is 432 g/mol. The first-order valence-electron chi connectivity index (χ1n) is 12.6. The van der Waals surface area contributed by atoms with Gasteiger partial charge in [0.05, 0.1) is 18.2 Å². The molecule has 0 spiro atoms. The number of hydrogen-bond acceptors (Lipinski definition) is 6. The zero-order valence-corrected chi connectivity index (χ0v) is 19.4. The number of likely N-dealkylation sites (tertiary alicyclic amines) is 1. The third kappa shape index (κ3) is 4.63. The number of hydrazine groups is 1. The zero-order chi connectivity index (χ0) is 23.2. The molecule has 5 rings (SSSR count). The van der Waals surface area contributed by atoms with Crippen molar-refractivity contribution in [3.8, 4) is 0 Å². The maximum Gasteiger partial charge on any atom is 0.261 e. The molecule has 3 N–H and O–H groups in total. The fourth-order valence-electron chi connectivity index (χ4n) is 6.48. The summed E-state index contributed by atoms with van der Waals surface area (Å²) in [7, 11) is 1.74. The monoisotopic (exact) mass is 469 g/mol. The molecular formula is C23H37F2N5O3. The number of carbonyl (C=O) groups excluding carboxylic acids is 2. The first-order valence-corrected chi connectivity index (χ1v) is 12.6. The van der Waals surface area contributed by atoms with Crippen molar-refractivity contribution in [3.63, 3.8) is 0 Å². The van der Waals surface area contributed by atoms with Gasteiger partial charge >= 0.3 is 0 Å². The van der Waals surface area contributed by atoms with Crippen LogP contribution in [-0.2, 0) is 14.3 Å². The van der Waals surface area contributed by atoms with Gasteiger partial charge in [-0.2, -0.15) is 0 Å². The molecule has 2 aliphatic carbocycles. The number of rotatable bonds is 7. The molecule has 2 saturated carbocycles. The highest BCUT2D eigenvalue weighted by atomic mass is 19.3. The molecule has 5 aliphatic rings. The van der Waals surface area contributed by atoms with Gasteiger partial charge in [0.1, 0.15) is 12.6 Å². The molecule has 0 aromatic rings. The van der Waals surface area contributed by atoms with E-state index >= 15 is 0 Å². The van der Waals surface area contributed by atoms with E-state index in [1.54, 1.807) is 11.9 Å². The Balaban J connectivity index is 1.19. The van der Waals surface area contributed by atoms with E-state index in [-0.39, 0.29) is 36.4 Å². The number of nitrogens with zero attached hydrogens (tertiary/aromatic N) is 2. The number of carbonyl (C=O) groups is 2. The van der Waals surface area contributed by atoms with Gasteiger partial charge in [0.2, 0.25) is 11.8 Å². The summed E-state index contributed by atoms with van der Waals surface area (Å²) in [6.07, 6.45) is 5.62. The van der Waals surface area contributed by atoms with Gasteiger partial charge in [-0.15, -0.1) is 0 Å². The van der Waals surface area contributed by atoms with E-state index in [1.807, 2.05) is 4.90 Å². The number of hydrogen-bond donors (Lipinski definition) is 3. The maximum atomic E-state index is 13.4. The lowest BCUT2D eigenvalue weighted by Crippen LogP contribution is -2.56. The van der Waals surface area contributed by atoms with E-state index < -0.39 is 24.6 Å². The summed E-state index contributed by atoms with van der Waals surface area (Å²) in [5, 5.41) is 3.59. The molecule has 6 atom stereocenters. The Labute approximate surface area is 194 Å². The van der Waals surface area contributed by atoms with Gasteiger partial charge in [-0.25, -0.2) is 14.2 Å². The lowest BCUT2D eigenvalue weighted by atomic mass is 9.84. The highest BCUT2D eigenvalue weighted by molar-refractivity contribution is 5.85. The number of nitrogens with one attached hydrogen (secondary N) is 3. The number of amides is 2. The predicted octanol–water partition coefficient (Wildman–Crippen LogP) is 0.873. The smallest absolute Gasteiger partial charge is 0.261 e. The van der Waals surface area contributed by atoms with Gasteiger partial charge in [0, 0.05) is 38.1 Å². The van der Waals surface area contributed by atoms with Crippen molar-refractivity contribution in [2.75, 3.05) is 33.4 Å². The molecule has 10 heteroatoms. The predicted molar refractivity (Wildman–Crippen MR) is 117 cm³/mol. The lowest BCUT2D eigenvalue weighted by Gasteiger charge is -2.38. The summed E-state index contributed by atoms with van der Waals surface area (Å²) < 4.78 is 30.1. The van der Waals surface area contributed by atoms with Crippen molar-refractivity contribution in [1.82, 2.24) is 26.0 Å². The number of piperidine rings is 1. The molecule has 3 heterocycles. The van der Waals surface area contributed by atoms with E-state index in [0.29, 0.717) is 25.0 Å². The van der Waals surface area contributed by atoms with Gasteiger partial charge in [-0.3, -0.25) is 15.0 Å². The molecule has 0 radical (unpaired) electrons. The normalized spacial score (nSPS) is 37.0. The Hall–Kier alpha value is -1.36. The molecule has 5 fully saturated rings. The lowest BCUT2D eigenvalue weighted by molar-refractivity contribution is -0.140. The second-order valence-corrected chi connectivity index (χ2v) is 10.7. The van der Waals surface area contributed by atoms with Gasteiger partial charge in [-0.1, -0.05) is 12.8 Å². The topological polar surface area (TPSA) is 85.9 Å². The molecule has 0 aromatic heterocycles. The van der Waals surface area contributed by atoms with Crippen LogP contribution in [0.15, 0.2) is 0 Å². The fraction of sp³-hybridized carbons (Fsp3) is 0.913. The van der Waals surface area contributed by atoms with Crippen molar-refractivity contribution in [3.05, 3.63) is 0 Å². The first-order chi connectivity index (χ1) is 15.9. The summed E-state index contributed by atoms with van der Waals surface area (Å²) in [5.41, 5.74) is 5.94. The van der Waals surface area contributed by atoms with Crippen LogP contribution in [0.2, 0.25) is 0 Å². The highest BCUT2D eigenvalue weighted by Gasteiger charge is 2.53. The van der Waals surface area contributed by atoms with Crippen molar-refractivity contribution >= 4 is 11.8 Å². The number of alkyl halides is 2. The van der Waals surface area contributed by atoms with Crippen molar-refractivity contribution in [1.29, 1.82) is 0 Å². The van der Waals surface area contributed by atoms with Crippen molar-refractivity contribution in [2.24, 2.45) is 11.8 Å². The van der Waals surface area contributed by atoms with Gasteiger partial charge in [0.25, 0.3) is 6.43 Å². The summed E-state index contributed by atoms with van der Waals surface area (Å²) in [6, 6.07) is 0.0728. The van der Waals surface area contributed by atoms with Crippen LogP contribution >= 0.6 is 0 Å². The van der Waals surface area contributed by atoms with Crippen LogP contribution in [0.4, 0.5) is 8.78 Å². The number of likely N-dealkylation sites (N-methyl/N-ethyl adjacent to an activating group) is 1. The minimum absolute atomic E-state index is 0.0147. The summed E-state index contributed by atoms with van der Waals surface area (Å²) in [5.74, 6) is 0.713. The molecule has 186 valence electrons. The third-order valence-electron chi connectivity index (χ3n) is 8.73. The Morgan fingerprint density at radius 2 is 1.94 bits per heavy atom. The first kappa shape index (κ1) is 23.4. The van der Waals surface area contributed by atoms with Crippen LogP contribution in [0.5, 0.6) is 0 Å². The Kier molecular flexibility index (Phi) is 6.63. The fourth-order valence-corrected chi connectivity index (χ4v) is 6.48. The van der Waals surface area contributed by atoms with Gasteiger partial charge < -0.3 is 19.9 Å². The minimum atomic E-state index is -2.51. The molecule has 2 amide bonds.